The summed E-state index contributed by atoms with van der Waals surface area (Å²) in [6.07, 6.45) is 0. The predicted octanol–water partition coefficient (Wildman–Crippen LogP) is 1.01. The molecule has 0 aliphatic rings. The maximum absolute atomic E-state index is 11.8. The summed E-state index contributed by atoms with van der Waals surface area (Å²) in [5, 5.41) is 20.8. The van der Waals surface area contributed by atoms with Gasteiger partial charge >= 0.3 is 5.97 Å². The number of hydrogen-bond acceptors (Lipinski definition) is 4. The molecular formula is C12H16N2O4. The molecular weight excluding hydrogens is 236 g/mol. The predicted molar refractivity (Wildman–Crippen MR) is 66.5 cm³/mol. The van der Waals surface area contributed by atoms with E-state index in [0.717, 1.165) is 0 Å². The summed E-state index contributed by atoms with van der Waals surface area (Å²) in [7, 11) is 0. The third kappa shape index (κ3) is 2.98. The first-order valence-corrected chi connectivity index (χ1v) is 5.36. The summed E-state index contributed by atoms with van der Waals surface area (Å²) in [6.45, 7) is 3.56. The molecule has 0 aliphatic carbocycles. The zero-order valence-corrected chi connectivity index (χ0v) is 10.2. The molecule has 0 atom stereocenters. The number of rotatable bonds is 4. The molecule has 18 heavy (non-hydrogen) atoms. The monoisotopic (exact) mass is 252 g/mol. The molecule has 0 fully saturated rings. The van der Waals surface area contributed by atoms with Crippen LogP contribution in [-0.2, 0) is 4.79 Å². The minimum absolute atomic E-state index is 0.179. The maximum Gasteiger partial charge on any atom is 0.339 e. The molecule has 5 N–H and O–H groups in total. The molecule has 1 aromatic carbocycles. The second-order valence-corrected chi connectivity index (χ2v) is 4.58. The van der Waals surface area contributed by atoms with Crippen LogP contribution in [0.5, 0.6) is 5.75 Å². The molecule has 0 heterocycles. The van der Waals surface area contributed by atoms with Gasteiger partial charge in [0.1, 0.15) is 11.3 Å². The van der Waals surface area contributed by atoms with Crippen molar-refractivity contribution in [2.45, 2.75) is 13.8 Å². The van der Waals surface area contributed by atoms with Crippen LogP contribution in [0, 0.1) is 5.41 Å². The van der Waals surface area contributed by atoms with Crippen LogP contribution in [0.1, 0.15) is 24.2 Å². The van der Waals surface area contributed by atoms with E-state index in [2.05, 4.69) is 5.32 Å². The van der Waals surface area contributed by atoms with E-state index in [9.17, 15) is 14.7 Å². The number of aromatic carboxylic acids is 1. The molecule has 0 radical (unpaired) electrons. The molecule has 1 aromatic rings. The van der Waals surface area contributed by atoms with Gasteiger partial charge in [0.2, 0.25) is 5.91 Å². The van der Waals surface area contributed by atoms with Crippen molar-refractivity contribution in [1.29, 1.82) is 0 Å². The van der Waals surface area contributed by atoms with Crippen LogP contribution in [0.25, 0.3) is 0 Å². The molecule has 1 amide bonds. The average Bonchev–Trinajstić information content (AvgIpc) is 2.28. The van der Waals surface area contributed by atoms with Crippen LogP contribution in [0.2, 0.25) is 0 Å². The van der Waals surface area contributed by atoms with Gasteiger partial charge in [-0.1, -0.05) is 0 Å². The minimum atomic E-state index is -1.23. The van der Waals surface area contributed by atoms with Gasteiger partial charge in [0.05, 0.1) is 5.41 Å². The van der Waals surface area contributed by atoms with Crippen molar-refractivity contribution in [2.24, 2.45) is 11.1 Å². The third-order valence-electron chi connectivity index (χ3n) is 2.61. The second-order valence-electron chi connectivity index (χ2n) is 4.58. The number of carbonyl (C=O) groups excluding carboxylic acids is 1. The molecule has 0 saturated heterocycles. The number of hydrogen-bond donors (Lipinski definition) is 4. The summed E-state index contributed by atoms with van der Waals surface area (Å²) >= 11 is 0. The molecule has 98 valence electrons. The van der Waals surface area contributed by atoms with Gasteiger partial charge in [0, 0.05) is 18.3 Å². The molecule has 6 nitrogen and oxygen atoms in total. The first-order valence-electron chi connectivity index (χ1n) is 5.36. The number of anilines is 1. The van der Waals surface area contributed by atoms with Crippen molar-refractivity contribution in [3.63, 3.8) is 0 Å². The van der Waals surface area contributed by atoms with Gasteiger partial charge in [0.15, 0.2) is 0 Å². The van der Waals surface area contributed by atoms with E-state index in [0.29, 0.717) is 5.69 Å². The molecule has 6 heteroatoms. The van der Waals surface area contributed by atoms with Crippen LogP contribution in [0.15, 0.2) is 18.2 Å². The minimum Gasteiger partial charge on any atom is -0.507 e. The van der Waals surface area contributed by atoms with E-state index in [1.807, 2.05) is 0 Å². The van der Waals surface area contributed by atoms with Crippen LogP contribution in [0.3, 0.4) is 0 Å². The van der Waals surface area contributed by atoms with Gasteiger partial charge in [-0.2, -0.15) is 0 Å². The SMILES string of the molecule is CC(C)(CN)C(=O)Nc1ccc(C(=O)O)c(O)c1. The van der Waals surface area contributed by atoms with E-state index in [1.165, 1.54) is 18.2 Å². The van der Waals surface area contributed by atoms with E-state index < -0.39 is 17.1 Å². The van der Waals surface area contributed by atoms with Crippen molar-refractivity contribution >= 4 is 17.6 Å². The number of nitrogens with two attached hydrogens (primary N) is 1. The van der Waals surface area contributed by atoms with Crippen LogP contribution in [-0.4, -0.2) is 28.6 Å². The third-order valence-corrected chi connectivity index (χ3v) is 2.61. The highest BCUT2D eigenvalue weighted by molar-refractivity contribution is 5.96. The van der Waals surface area contributed by atoms with Gasteiger partial charge < -0.3 is 21.3 Å². The van der Waals surface area contributed by atoms with Crippen molar-refractivity contribution < 1.29 is 19.8 Å². The molecule has 1 rings (SSSR count). The van der Waals surface area contributed by atoms with Gasteiger partial charge in [-0.3, -0.25) is 4.79 Å². The lowest BCUT2D eigenvalue weighted by Gasteiger charge is -2.21. The smallest absolute Gasteiger partial charge is 0.339 e. The Morgan fingerprint density at radius 2 is 2.00 bits per heavy atom. The van der Waals surface area contributed by atoms with Crippen LogP contribution >= 0.6 is 0 Å². The quantitative estimate of drug-likeness (QED) is 0.639. The zero-order chi connectivity index (χ0) is 13.9. The van der Waals surface area contributed by atoms with E-state index in [-0.39, 0.29) is 18.0 Å². The molecule has 0 saturated carbocycles. The Morgan fingerprint density at radius 1 is 1.39 bits per heavy atom. The lowest BCUT2D eigenvalue weighted by atomic mass is 9.92. The van der Waals surface area contributed by atoms with Crippen LogP contribution in [0.4, 0.5) is 5.69 Å². The van der Waals surface area contributed by atoms with Crippen molar-refractivity contribution in [1.82, 2.24) is 0 Å². The first-order chi connectivity index (χ1) is 8.27. The summed E-state index contributed by atoms with van der Waals surface area (Å²) in [6, 6.07) is 3.82. The fourth-order valence-electron chi connectivity index (χ4n) is 1.18. The number of nitrogens with one attached hydrogen (secondary N) is 1. The Hall–Kier alpha value is -2.08. The summed E-state index contributed by atoms with van der Waals surface area (Å²) in [4.78, 5) is 22.5. The molecule has 0 bridgehead atoms. The average molecular weight is 252 g/mol. The largest absolute Gasteiger partial charge is 0.507 e. The number of aromatic hydroxyl groups is 1. The fourth-order valence-corrected chi connectivity index (χ4v) is 1.18. The number of phenols is 1. The van der Waals surface area contributed by atoms with Crippen molar-refractivity contribution in [2.75, 3.05) is 11.9 Å². The van der Waals surface area contributed by atoms with Gasteiger partial charge in [0.25, 0.3) is 0 Å². The lowest BCUT2D eigenvalue weighted by molar-refractivity contribution is -0.123. The van der Waals surface area contributed by atoms with Crippen molar-refractivity contribution in [3.8, 4) is 5.75 Å². The van der Waals surface area contributed by atoms with Gasteiger partial charge in [-0.15, -0.1) is 0 Å². The molecule has 0 aliphatic heterocycles. The highest BCUT2D eigenvalue weighted by Crippen LogP contribution is 2.23. The topological polar surface area (TPSA) is 113 Å². The number of amides is 1. The lowest BCUT2D eigenvalue weighted by Crippen LogP contribution is -2.37. The Kier molecular flexibility index (Phi) is 3.93. The van der Waals surface area contributed by atoms with Crippen molar-refractivity contribution in [3.05, 3.63) is 23.8 Å². The van der Waals surface area contributed by atoms with Crippen LogP contribution < -0.4 is 11.1 Å². The normalized spacial score (nSPS) is 11.1. The second kappa shape index (κ2) is 5.05. The maximum atomic E-state index is 11.8. The Morgan fingerprint density at radius 3 is 2.44 bits per heavy atom. The number of benzene rings is 1. The standard InChI is InChI=1S/C12H16N2O4/c1-12(2,6-13)11(18)14-7-3-4-8(10(16)17)9(15)5-7/h3-5,15H,6,13H2,1-2H3,(H,14,18)(H,16,17). The molecule has 0 unspecified atom stereocenters. The summed E-state index contributed by atoms with van der Waals surface area (Å²) in [5.74, 6) is -1.93. The number of carbonyl (C=O) groups is 2. The molecule has 0 aromatic heterocycles. The number of carboxylic acids is 1. The Bertz CT molecular complexity index is 483. The van der Waals surface area contributed by atoms with E-state index in [1.54, 1.807) is 13.8 Å². The van der Waals surface area contributed by atoms with Gasteiger partial charge in [-0.05, 0) is 26.0 Å². The summed E-state index contributed by atoms with van der Waals surface area (Å²) < 4.78 is 0. The van der Waals surface area contributed by atoms with Gasteiger partial charge in [-0.25, -0.2) is 4.79 Å². The fraction of sp³-hybridized carbons (Fsp3) is 0.333. The highest BCUT2D eigenvalue weighted by atomic mass is 16.4. The summed E-state index contributed by atoms with van der Waals surface area (Å²) in [5.41, 5.74) is 4.84. The Labute approximate surface area is 104 Å². The first kappa shape index (κ1) is 14.0. The van der Waals surface area contributed by atoms with E-state index >= 15 is 0 Å². The zero-order valence-electron chi connectivity index (χ0n) is 10.2. The highest BCUT2D eigenvalue weighted by Gasteiger charge is 2.26. The number of carboxylic acid groups (broad SMARTS) is 1. The van der Waals surface area contributed by atoms with E-state index in [4.69, 9.17) is 10.8 Å². The molecule has 0 spiro atoms. The Balaban J connectivity index is 2.91.